The second-order valence-corrected chi connectivity index (χ2v) is 10.9. The number of halogens is 1. The van der Waals surface area contributed by atoms with Crippen LogP contribution < -0.4 is 20.7 Å². The Kier molecular flexibility index (Phi) is 10.2. The molecule has 42 heavy (non-hydrogen) atoms. The van der Waals surface area contributed by atoms with E-state index < -0.39 is 17.2 Å². The van der Waals surface area contributed by atoms with E-state index in [4.69, 9.17) is 22.1 Å². The first-order chi connectivity index (χ1) is 20.2. The van der Waals surface area contributed by atoms with Crippen LogP contribution in [0.15, 0.2) is 66.7 Å². The number of para-hydroxylation sites is 1. The zero-order valence-corrected chi connectivity index (χ0v) is 24.3. The first-order valence-corrected chi connectivity index (χ1v) is 14.3. The standard InChI is InChI=1S/C32H36ClN3O6/c1-21-18-23(35-29(39)20-42-24-6-3-2-4-7-24)10-11-25(21)30(40)36-15-5-8-27(26-19-22(33)9-12-28(26)36)32(13-16-37,14-17-38)31(34)41/h2-4,6-7,9-12,18-19,27,37-38H,5,8,13-17,20H2,1H3,(H2,34,41)(H,35,39). The Morgan fingerprint density at radius 2 is 1.76 bits per heavy atom. The molecule has 9 nitrogen and oxygen atoms in total. The number of nitrogens with one attached hydrogen (secondary N) is 1. The maximum Gasteiger partial charge on any atom is 0.262 e. The molecule has 1 heterocycles. The SMILES string of the molecule is Cc1cc(NC(=O)COc2ccccc2)ccc1C(=O)N1CCCC(C(CCO)(CCO)C(N)=O)c2cc(Cl)ccc21. The van der Waals surface area contributed by atoms with Gasteiger partial charge in [0, 0.05) is 47.6 Å². The summed E-state index contributed by atoms with van der Waals surface area (Å²) in [7, 11) is 0. The molecule has 0 radical (unpaired) electrons. The van der Waals surface area contributed by atoms with Crippen LogP contribution in [-0.2, 0) is 9.59 Å². The van der Waals surface area contributed by atoms with Crippen molar-refractivity contribution in [2.45, 2.75) is 38.5 Å². The number of rotatable bonds is 11. The highest BCUT2D eigenvalue weighted by Gasteiger charge is 2.46. The number of amides is 3. The van der Waals surface area contributed by atoms with E-state index in [-0.39, 0.29) is 44.5 Å². The molecule has 0 spiro atoms. The number of primary amides is 1. The lowest BCUT2D eigenvalue weighted by atomic mass is 9.65. The number of carbonyl (C=O) groups is 3. The number of anilines is 2. The van der Waals surface area contributed by atoms with Crippen molar-refractivity contribution >= 4 is 40.7 Å². The lowest BCUT2D eigenvalue weighted by Crippen LogP contribution is -2.44. The van der Waals surface area contributed by atoms with Crippen LogP contribution in [0.1, 0.15) is 53.1 Å². The molecule has 0 aromatic heterocycles. The maximum absolute atomic E-state index is 14.0. The third kappa shape index (κ3) is 6.75. The zero-order valence-electron chi connectivity index (χ0n) is 23.5. The lowest BCUT2D eigenvalue weighted by molar-refractivity contribution is -0.131. The van der Waals surface area contributed by atoms with Crippen molar-refractivity contribution in [1.29, 1.82) is 0 Å². The van der Waals surface area contributed by atoms with Gasteiger partial charge in [0.15, 0.2) is 6.61 Å². The number of ether oxygens (including phenoxy) is 1. The number of carbonyl (C=O) groups excluding carboxylic acids is 3. The quantitative estimate of drug-likeness (QED) is 0.259. The predicted molar refractivity (Wildman–Crippen MR) is 162 cm³/mol. The fourth-order valence-corrected chi connectivity index (χ4v) is 6.03. The number of nitrogens with two attached hydrogens (primary N) is 1. The normalized spacial score (nSPS) is 15.0. The van der Waals surface area contributed by atoms with Crippen molar-refractivity contribution in [2.75, 3.05) is 36.6 Å². The van der Waals surface area contributed by atoms with Crippen molar-refractivity contribution in [3.63, 3.8) is 0 Å². The molecule has 1 aliphatic heterocycles. The van der Waals surface area contributed by atoms with Gasteiger partial charge >= 0.3 is 0 Å². The van der Waals surface area contributed by atoms with Gasteiger partial charge in [0.2, 0.25) is 5.91 Å². The summed E-state index contributed by atoms with van der Waals surface area (Å²) < 4.78 is 5.50. The number of benzene rings is 3. The first kappa shape index (κ1) is 31.0. The van der Waals surface area contributed by atoms with Crippen LogP contribution in [-0.4, -0.2) is 54.3 Å². The maximum atomic E-state index is 14.0. The number of fused-ring (bicyclic) bond motifs is 1. The van der Waals surface area contributed by atoms with Crippen molar-refractivity contribution in [1.82, 2.24) is 0 Å². The Morgan fingerprint density at radius 1 is 1.05 bits per heavy atom. The van der Waals surface area contributed by atoms with Crippen LogP contribution in [0.4, 0.5) is 11.4 Å². The summed E-state index contributed by atoms with van der Waals surface area (Å²) in [5.74, 6) is -1.05. The molecule has 222 valence electrons. The molecule has 4 rings (SSSR count). The van der Waals surface area contributed by atoms with Crippen LogP contribution in [0.3, 0.4) is 0 Å². The smallest absolute Gasteiger partial charge is 0.262 e. The van der Waals surface area contributed by atoms with Gasteiger partial charge in [-0.15, -0.1) is 0 Å². The van der Waals surface area contributed by atoms with Gasteiger partial charge in [0.1, 0.15) is 5.75 Å². The van der Waals surface area contributed by atoms with Crippen molar-refractivity contribution in [2.24, 2.45) is 11.1 Å². The highest BCUT2D eigenvalue weighted by atomic mass is 35.5. The molecule has 0 saturated carbocycles. The van der Waals surface area contributed by atoms with E-state index in [0.29, 0.717) is 58.2 Å². The van der Waals surface area contributed by atoms with E-state index in [9.17, 15) is 24.6 Å². The average Bonchev–Trinajstić information content (AvgIpc) is 3.15. The molecule has 0 aliphatic carbocycles. The van der Waals surface area contributed by atoms with Crippen LogP contribution in [0, 0.1) is 12.3 Å². The number of hydrogen-bond donors (Lipinski definition) is 4. The Hall–Kier alpha value is -3.92. The second-order valence-electron chi connectivity index (χ2n) is 10.5. The molecule has 3 aromatic carbocycles. The Balaban J connectivity index is 1.59. The van der Waals surface area contributed by atoms with Gasteiger partial charge in [-0.2, -0.15) is 0 Å². The molecular formula is C32H36ClN3O6. The second kappa shape index (κ2) is 13.8. The van der Waals surface area contributed by atoms with E-state index in [2.05, 4.69) is 5.32 Å². The Bertz CT molecular complexity index is 1430. The summed E-state index contributed by atoms with van der Waals surface area (Å²) in [6.07, 6.45) is 1.23. The van der Waals surface area contributed by atoms with Crippen LogP contribution >= 0.6 is 11.6 Å². The summed E-state index contributed by atoms with van der Waals surface area (Å²) in [5.41, 5.74) is 7.64. The molecule has 1 aliphatic rings. The number of aliphatic hydroxyl groups is 2. The van der Waals surface area contributed by atoms with E-state index in [1.807, 2.05) is 18.2 Å². The number of aryl methyl sites for hydroxylation is 1. The molecule has 5 N–H and O–H groups in total. The van der Waals surface area contributed by atoms with Gasteiger partial charge in [-0.1, -0.05) is 29.8 Å². The number of nitrogens with zero attached hydrogens (tertiary/aromatic N) is 1. The van der Waals surface area contributed by atoms with Gasteiger partial charge in [-0.25, -0.2) is 0 Å². The molecule has 1 unspecified atom stereocenters. The highest BCUT2D eigenvalue weighted by molar-refractivity contribution is 6.30. The molecular weight excluding hydrogens is 558 g/mol. The topological polar surface area (TPSA) is 142 Å². The minimum Gasteiger partial charge on any atom is -0.484 e. The van der Waals surface area contributed by atoms with Crippen molar-refractivity contribution in [3.8, 4) is 5.75 Å². The zero-order chi connectivity index (χ0) is 30.3. The van der Waals surface area contributed by atoms with E-state index in [0.717, 1.165) is 0 Å². The minimum atomic E-state index is -1.21. The van der Waals surface area contributed by atoms with Crippen LogP contribution in [0.2, 0.25) is 5.02 Å². The van der Waals surface area contributed by atoms with Gasteiger partial charge in [-0.05, 0) is 92.3 Å². The number of hydrogen-bond acceptors (Lipinski definition) is 6. The Labute approximate surface area is 250 Å². The predicted octanol–water partition coefficient (Wildman–Crippen LogP) is 4.43. The lowest BCUT2D eigenvalue weighted by Gasteiger charge is -2.38. The first-order valence-electron chi connectivity index (χ1n) is 13.9. The molecule has 3 amide bonds. The van der Waals surface area contributed by atoms with Gasteiger partial charge < -0.3 is 30.9 Å². The molecule has 10 heteroatoms. The Morgan fingerprint density at radius 3 is 2.40 bits per heavy atom. The summed E-state index contributed by atoms with van der Waals surface area (Å²) in [6, 6.07) is 19.3. The van der Waals surface area contributed by atoms with Crippen LogP contribution in [0.25, 0.3) is 0 Å². The van der Waals surface area contributed by atoms with E-state index in [1.165, 1.54) is 0 Å². The molecule has 3 aromatic rings. The third-order valence-electron chi connectivity index (χ3n) is 7.90. The summed E-state index contributed by atoms with van der Waals surface area (Å²) in [5, 5.41) is 22.9. The molecule has 0 bridgehead atoms. The van der Waals surface area contributed by atoms with Gasteiger partial charge in [0.25, 0.3) is 11.8 Å². The summed E-state index contributed by atoms with van der Waals surface area (Å²) in [4.78, 5) is 40.9. The molecule has 0 fully saturated rings. The van der Waals surface area contributed by atoms with Crippen LogP contribution in [0.5, 0.6) is 5.75 Å². The minimum absolute atomic E-state index is 0.0795. The molecule has 1 atom stereocenters. The fourth-order valence-electron chi connectivity index (χ4n) is 5.84. The largest absolute Gasteiger partial charge is 0.484 e. The van der Waals surface area contributed by atoms with E-state index in [1.54, 1.807) is 60.4 Å². The average molecular weight is 594 g/mol. The third-order valence-corrected chi connectivity index (χ3v) is 8.14. The monoisotopic (exact) mass is 593 g/mol. The van der Waals surface area contributed by atoms with Crippen molar-refractivity contribution in [3.05, 3.63) is 88.4 Å². The van der Waals surface area contributed by atoms with E-state index >= 15 is 0 Å². The summed E-state index contributed by atoms with van der Waals surface area (Å²) in [6.45, 7) is 1.47. The van der Waals surface area contributed by atoms with Gasteiger partial charge in [0.05, 0.1) is 5.41 Å². The molecule has 0 saturated heterocycles. The highest BCUT2D eigenvalue weighted by Crippen LogP contribution is 2.49. The summed E-state index contributed by atoms with van der Waals surface area (Å²) >= 11 is 6.40. The fraction of sp³-hybridized carbons (Fsp3) is 0.344. The van der Waals surface area contributed by atoms with Crippen molar-refractivity contribution < 1.29 is 29.3 Å². The van der Waals surface area contributed by atoms with Gasteiger partial charge in [-0.3, -0.25) is 14.4 Å². The number of aliphatic hydroxyl groups excluding tert-OH is 2.